The molecule has 3 rings (SSSR count). The van der Waals surface area contributed by atoms with Gasteiger partial charge in [-0.1, -0.05) is 12.1 Å². The molecular formula is C20H22N2O5. The summed E-state index contributed by atoms with van der Waals surface area (Å²) in [4.78, 5) is 26.9. The molecule has 1 amide bonds. The summed E-state index contributed by atoms with van der Waals surface area (Å²) in [6.45, 7) is 0.263. The monoisotopic (exact) mass is 370 g/mol. The van der Waals surface area contributed by atoms with E-state index in [0.717, 1.165) is 31.2 Å². The lowest BCUT2D eigenvalue weighted by molar-refractivity contribution is 0.0689. The molecule has 7 nitrogen and oxygen atoms in total. The van der Waals surface area contributed by atoms with E-state index < -0.39 is 5.97 Å². The Bertz CT molecular complexity index is 814. The molecule has 1 aliphatic rings. The largest absolute Gasteiger partial charge is 0.493 e. The van der Waals surface area contributed by atoms with Crippen molar-refractivity contribution in [2.45, 2.75) is 38.3 Å². The Labute approximate surface area is 157 Å². The Morgan fingerprint density at radius 1 is 1.22 bits per heavy atom. The van der Waals surface area contributed by atoms with Crippen LogP contribution in [0.2, 0.25) is 0 Å². The van der Waals surface area contributed by atoms with Gasteiger partial charge in [0.1, 0.15) is 5.69 Å². The maximum atomic E-state index is 12.3. The van der Waals surface area contributed by atoms with Crippen molar-refractivity contribution in [1.82, 2.24) is 10.3 Å². The number of para-hydroxylation sites is 1. The van der Waals surface area contributed by atoms with Crippen LogP contribution in [-0.4, -0.2) is 35.2 Å². The summed E-state index contributed by atoms with van der Waals surface area (Å²) in [5.41, 5.74) is 1.01. The molecule has 0 unspecified atom stereocenters. The highest BCUT2D eigenvalue weighted by Gasteiger charge is 2.21. The van der Waals surface area contributed by atoms with E-state index in [1.165, 1.54) is 18.3 Å². The highest BCUT2D eigenvalue weighted by atomic mass is 16.5. The Balaban J connectivity index is 1.70. The maximum absolute atomic E-state index is 12.3. The Hall–Kier alpha value is -3.09. The smallest absolute Gasteiger partial charge is 0.354 e. The molecule has 2 aromatic rings. The molecule has 0 saturated heterocycles. The summed E-state index contributed by atoms with van der Waals surface area (Å²) < 4.78 is 11.6. The van der Waals surface area contributed by atoms with Crippen molar-refractivity contribution < 1.29 is 24.2 Å². The van der Waals surface area contributed by atoms with E-state index in [9.17, 15) is 9.59 Å². The molecule has 142 valence electrons. The second kappa shape index (κ2) is 8.53. The van der Waals surface area contributed by atoms with Gasteiger partial charge < -0.3 is 19.9 Å². The van der Waals surface area contributed by atoms with Gasteiger partial charge in [0.05, 0.1) is 18.8 Å². The molecular weight excluding hydrogens is 348 g/mol. The third kappa shape index (κ3) is 4.55. The molecule has 0 atom stereocenters. The fourth-order valence-electron chi connectivity index (χ4n) is 3.10. The minimum Gasteiger partial charge on any atom is -0.493 e. The molecule has 1 aliphatic carbocycles. The first-order valence-corrected chi connectivity index (χ1v) is 8.88. The molecule has 7 heteroatoms. The summed E-state index contributed by atoms with van der Waals surface area (Å²) in [5, 5.41) is 11.7. The summed E-state index contributed by atoms with van der Waals surface area (Å²) in [6.07, 6.45) is 5.77. The number of pyridine rings is 1. The minimum atomic E-state index is -1.13. The number of hydrogen-bond acceptors (Lipinski definition) is 5. The summed E-state index contributed by atoms with van der Waals surface area (Å²) in [7, 11) is 1.59. The Kier molecular flexibility index (Phi) is 5.90. The molecule has 1 heterocycles. The number of amides is 1. The zero-order valence-electron chi connectivity index (χ0n) is 15.1. The molecule has 0 aliphatic heterocycles. The Morgan fingerprint density at radius 2 is 2.00 bits per heavy atom. The van der Waals surface area contributed by atoms with Gasteiger partial charge in [-0.25, -0.2) is 9.78 Å². The molecule has 0 radical (unpaired) electrons. The van der Waals surface area contributed by atoms with Crippen LogP contribution in [0.3, 0.4) is 0 Å². The van der Waals surface area contributed by atoms with Crippen LogP contribution in [0.25, 0.3) is 0 Å². The van der Waals surface area contributed by atoms with Crippen LogP contribution in [0, 0.1) is 0 Å². The van der Waals surface area contributed by atoms with Gasteiger partial charge in [-0.3, -0.25) is 4.79 Å². The zero-order chi connectivity index (χ0) is 19.2. The molecule has 1 aromatic carbocycles. The molecule has 0 bridgehead atoms. The number of carbonyl (C=O) groups excluding carboxylic acids is 1. The van der Waals surface area contributed by atoms with E-state index in [-0.39, 0.29) is 24.2 Å². The van der Waals surface area contributed by atoms with Gasteiger partial charge in [0.25, 0.3) is 5.91 Å². The highest BCUT2D eigenvalue weighted by Crippen LogP contribution is 2.34. The van der Waals surface area contributed by atoms with E-state index in [2.05, 4.69) is 10.3 Å². The van der Waals surface area contributed by atoms with Crippen molar-refractivity contribution in [2.75, 3.05) is 7.11 Å². The lowest BCUT2D eigenvalue weighted by Gasteiger charge is -2.19. The third-order valence-electron chi connectivity index (χ3n) is 4.55. The second-order valence-corrected chi connectivity index (χ2v) is 6.39. The van der Waals surface area contributed by atoms with E-state index in [1.54, 1.807) is 7.11 Å². The van der Waals surface area contributed by atoms with E-state index in [4.69, 9.17) is 14.6 Å². The van der Waals surface area contributed by atoms with Crippen LogP contribution >= 0.6 is 0 Å². The van der Waals surface area contributed by atoms with Gasteiger partial charge in [0.15, 0.2) is 11.5 Å². The van der Waals surface area contributed by atoms with Gasteiger partial charge >= 0.3 is 5.97 Å². The number of benzene rings is 1. The van der Waals surface area contributed by atoms with Crippen LogP contribution < -0.4 is 14.8 Å². The van der Waals surface area contributed by atoms with Crippen molar-refractivity contribution in [3.05, 3.63) is 53.3 Å². The predicted octanol–water partition coefficient (Wildman–Crippen LogP) is 3.04. The van der Waals surface area contributed by atoms with Crippen LogP contribution in [-0.2, 0) is 6.54 Å². The van der Waals surface area contributed by atoms with Crippen LogP contribution in [0.4, 0.5) is 0 Å². The van der Waals surface area contributed by atoms with E-state index in [1.807, 2.05) is 18.2 Å². The van der Waals surface area contributed by atoms with Crippen molar-refractivity contribution in [3.63, 3.8) is 0 Å². The number of nitrogens with zero attached hydrogens (tertiary/aromatic N) is 1. The van der Waals surface area contributed by atoms with Gasteiger partial charge in [-0.05, 0) is 43.9 Å². The number of carboxylic acid groups (broad SMARTS) is 1. The SMILES string of the molecule is COc1cccc(CNC(=O)c2ccc(C(=O)O)nc2)c1OC1CCCC1. The lowest BCUT2D eigenvalue weighted by Crippen LogP contribution is -2.24. The van der Waals surface area contributed by atoms with Gasteiger partial charge in [0.2, 0.25) is 0 Å². The first kappa shape index (κ1) is 18.7. The van der Waals surface area contributed by atoms with Crippen molar-refractivity contribution >= 4 is 11.9 Å². The van der Waals surface area contributed by atoms with Gasteiger partial charge in [-0.15, -0.1) is 0 Å². The number of methoxy groups -OCH3 is 1. The van der Waals surface area contributed by atoms with Crippen LogP contribution in [0.1, 0.15) is 52.1 Å². The summed E-state index contributed by atoms with van der Waals surface area (Å²) >= 11 is 0. The molecule has 27 heavy (non-hydrogen) atoms. The lowest BCUT2D eigenvalue weighted by atomic mass is 10.1. The highest BCUT2D eigenvalue weighted by molar-refractivity contribution is 5.94. The number of hydrogen-bond donors (Lipinski definition) is 2. The van der Waals surface area contributed by atoms with Crippen LogP contribution in [0.15, 0.2) is 36.5 Å². The molecule has 1 aromatic heterocycles. The van der Waals surface area contributed by atoms with E-state index in [0.29, 0.717) is 17.1 Å². The van der Waals surface area contributed by atoms with Gasteiger partial charge in [0, 0.05) is 18.3 Å². The van der Waals surface area contributed by atoms with Crippen molar-refractivity contribution in [1.29, 1.82) is 0 Å². The molecule has 0 spiro atoms. The summed E-state index contributed by atoms with van der Waals surface area (Å²) in [6, 6.07) is 8.32. The first-order valence-electron chi connectivity index (χ1n) is 8.88. The normalized spacial score (nSPS) is 14.0. The average molecular weight is 370 g/mol. The maximum Gasteiger partial charge on any atom is 0.354 e. The average Bonchev–Trinajstić information content (AvgIpc) is 3.20. The zero-order valence-corrected chi connectivity index (χ0v) is 15.1. The number of aromatic nitrogens is 1. The number of nitrogens with one attached hydrogen (secondary N) is 1. The first-order chi connectivity index (χ1) is 13.1. The van der Waals surface area contributed by atoms with Crippen LogP contribution in [0.5, 0.6) is 11.5 Å². The van der Waals surface area contributed by atoms with Crippen molar-refractivity contribution in [2.24, 2.45) is 0 Å². The fraction of sp³-hybridized carbons (Fsp3) is 0.350. The second-order valence-electron chi connectivity index (χ2n) is 6.39. The number of carboxylic acids is 1. The quantitative estimate of drug-likeness (QED) is 0.777. The summed E-state index contributed by atoms with van der Waals surface area (Å²) in [5.74, 6) is -0.172. The van der Waals surface area contributed by atoms with Crippen molar-refractivity contribution in [3.8, 4) is 11.5 Å². The topological polar surface area (TPSA) is 97.8 Å². The number of ether oxygens (including phenoxy) is 2. The predicted molar refractivity (Wildman–Crippen MR) is 98.2 cm³/mol. The number of carbonyl (C=O) groups is 2. The van der Waals surface area contributed by atoms with Gasteiger partial charge in [-0.2, -0.15) is 0 Å². The fourth-order valence-corrected chi connectivity index (χ4v) is 3.10. The number of rotatable bonds is 7. The minimum absolute atomic E-state index is 0.105. The Morgan fingerprint density at radius 3 is 2.63 bits per heavy atom. The third-order valence-corrected chi connectivity index (χ3v) is 4.55. The molecule has 1 fully saturated rings. The molecule has 2 N–H and O–H groups in total. The number of aromatic carboxylic acids is 1. The standard InChI is InChI=1S/C20H22N2O5/c1-26-17-8-4-5-13(18(17)27-15-6-2-3-7-15)11-22-19(23)14-9-10-16(20(24)25)21-12-14/h4-5,8-10,12,15H,2-3,6-7,11H2,1H3,(H,22,23)(H,24,25). The molecule has 1 saturated carbocycles. The van der Waals surface area contributed by atoms with E-state index >= 15 is 0 Å².